The van der Waals surface area contributed by atoms with Crippen LogP contribution in [0, 0.1) is 11.3 Å². The van der Waals surface area contributed by atoms with E-state index < -0.39 is 0 Å². The van der Waals surface area contributed by atoms with Crippen LogP contribution in [0.3, 0.4) is 0 Å². The summed E-state index contributed by atoms with van der Waals surface area (Å²) in [5, 5.41) is 10.3. The largest absolute Gasteiger partial charge is 0.346 e. The summed E-state index contributed by atoms with van der Waals surface area (Å²) in [5.74, 6) is 0. The van der Waals surface area contributed by atoms with Gasteiger partial charge in [0.2, 0.25) is 0 Å². The minimum Gasteiger partial charge on any atom is -0.346 e. The molecule has 4 aromatic rings. The number of likely N-dealkylation sites (N-methyl/N-ethyl adjacent to an activating group) is 1. The summed E-state index contributed by atoms with van der Waals surface area (Å²) in [6.07, 6.45) is 3.89. The average molecular weight is 408 g/mol. The van der Waals surface area contributed by atoms with E-state index in [1.54, 1.807) is 0 Å². The first-order valence-electron chi connectivity index (χ1n) is 10.7. The fourth-order valence-corrected chi connectivity index (χ4v) is 4.22. The fourth-order valence-electron chi connectivity index (χ4n) is 4.22. The van der Waals surface area contributed by atoms with Crippen LogP contribution in [0.4, 0.5) is 0 Å². The number of benzene rings is 2. The SMILES string of the molecule is CN1CCN(Cc2ccc(-c3cnc4[nH]cc(-c5cccc(C#N)c5)c4c3)cc2)CC1. The summed E-state index contributed by atoms with van der Waals surface area (Å²) in [5.41, 5.74) is 7.20. The van der Waals surface area contributed by atoms with Gasteiger partial charge in [-0.25, -0.2) is 4.98 Å². The average Bonchev–Trinajstić information content (AvgIpc) is 3.24. The smallest absolute Gasteiger partial charge is 0.137 e. The summed E-state index contributed by atoms with van der Waals surface area (Å²) in [4.78, 5) is 12.8. The van der Waals surface area contributed by atoms with Crippen LogP contribution in [0.5, 0.6) is 0 Å². The summed E-state index contributed by atoms with van der Waals surface area (Å²) in [6, 6.07) is 20.9. The molecule has 0 saturated carbocycles. The minimum atomic E-state index is 0.659. The van der Waals surface area contributed by atoms with Gasteiger partial charge in [0, 0.05) is 61.6 Å². The maximum Gasteiger partial charge on any atom is 0.137 e. The van der Waals surface area contributed by atoms with Crippen LogP contribution in [0.1, 0.15) is 11.1 Å². The van der Waals surface area contributed by atoms with Crippen LogP contribution in [0.25, 0.3) is 33.3 Å². The number of nitrogens with one attached hydrogen (secondary N) is 1. The highest BCUT2D eigenvalue weighted by Crippen LogP contribution is 2.31. The number of H-pyrrole nitrogens is 1. The molecule has 5 heteroatoms. The lowest BCUT2D eigenvalue weighted by atomic mass is 10.0. The Labute approximate surface area is 182 Å². The molecule has 0 amide bonds. The maximum absolute atomic E-state index is 9.23. The van der Waals surface area contributed by atoms with Crippen LogP contribution in [0.15, 0.2) is 67.0 Å². The minimum absolute atomic E-state index is 0.659. The van der Waals surface area contributed by atoms with Crippen molar-refractivity contribution in [3.63, 3.8) is 0 Å². The molecule has 1 aliphatic heterocycles. The van der Waals surface area contributed by atoms with E-state index in [0.29, 0.717) is 5.56 Å². The van der Waals surface area contributed by atoms with E-state index in [1.807, 2.05) is 36.7 Å². The normalized spacial score (nSPS) is 15.2. The molecule has 2 aromatic heterocycles. The number of nitriles is 1. The number of piperazine rings is 1. The summed E-state index contributed by atoms with van der Waals surface area (Å²) in [6.45, 7) is 5.53. The van der Waals surface area contributed by atoms with Crippen LogP contribution in [-0.4, -0.2) is 53.0 Å². The first kappa shape index (κ1) is 19.5. The van der Waals surface area contributed by atoms with Crippen molar-refractivity contribution in [1.82, 2.24) is 19.8 Å². The van der Waals surface area contributed by atoms with Gasteiger partial charge >= 0.3 is 0 Å². The number of pyridine rings is 1. The Morgan fingerprint density at radius 3 is 2.55 bits per heavy atom. The molecule has 0 atom stereocenters. The monoisotopic (exact) mass is 407 g/mol. The zero-order valence-electron chi connectivity index (χ0n) is 17.7. The van der Waals surface area contributed by atoms with Crippen molar-refractivity contribution in [3.8, 4) is 28.3 Å². The van der Waals surface area contributed by atoms with Gasteiger partial charge < -0.3 is 9.88 Å². The van der Waals surface area contributed by atoms with E-state index in [0.717, 1.165) is 66.0 Å². The van der Waals surface area contributed by atoms with Crippen molar-refractivity contribution < 1.29 is 0 Å². The van der Waals surface area contributed by atoms with Gasteiger partial charge in [-0.2, -0.15) is 5.26 Å². The Kier molecular flexibility index (Phi) is 5.25. The number of nitrogens with zero attached hydrogens (tertiary/aromatic N) is 4. The van der Waals surface area contributed by atoms with Gasteiger partial charge in [0.25, 0.3) is 0 Å². The highest BCUT2D eigenvalue weighted by Gasteiger charge is 2.14. The summed E-state index contributed by atoms with van der Waals surface area (Å²) < 4.78 is 0. The lowest BCUT2D eigenvalue weighted by molar-refractivity contribution is 0.148. The van der Waals surface area contributed by atoms with Gasteiger partial charge in [0.1, 0.15) is 5.65 Å². The lowest BCUT2D eigenvalue weighted by Crippen LogP contribution is -2.43. The van der Waals surface area contributed by atoms with Gasteiger partial charge in [-0.3, -0.25) is 4.90 Å². The number of fused-ring (bicyclic) bond motifs is 1. The number of aromatic nitrogens is 2. The van der Waals surface area contributed by atoms with Gasteiger partial charge in [-0.05, 0) is 41.9 Å². The van der Waals surface area contributed by atoms with Crippen molar-refractivity contribution in [2.24, 2.45) is 0 Å². The van der Waals surface area contributed by atoms with E-state index in [1.165, 1.54) is 5.56 Å². The first-order chi connectivity index (χ1) is 15.2. The molecule has 0 spiro atoms. The van der Waals surface area contributed by atoms with E-state index in [9.17, 15) is 5.26 Å². The second-order valence-corrected chi connectivity index (χ2v) is 8.29. The molecule has 0 bridgehead atoms. The molecular weight excluding hydrogens is 382 g/mol. The summed E-state index contributed by atoms with van der Waals surface area (Å²) in [7, 11) is 2.19. The zero-order valence-corrected chi connectivity index (χ0v) is 17.7. The highest BCUT2D eigenvalue weighted by molar-refractivity contribution is 5.96. The van der Waals surface area contributed by atoms with Crippen LogP contribution < -0.4 is 0 Å². The molecule has 0 radical (unpaired) electrons. The van der Waals surface area contributed by atoms with Crippen LogP contribution in [-0.2, 0) is 6.54 Å². The highest BCUT2D eigenvalue weighted by atomic mass is 15.2. The lowest BCUT2D eigenvalue weighted by Gasteiger charge is -2.32. The van der Waals surface area contributed by atoms with Crippen molar-refractivity contribution >= 4 is 11.0 Å². The number of rotatable bonds is 4. The predicted octanol–water partition coefficient (Wildman–Crippen LogP) is 4.52. The molecule has 1 N–H and O–H groups in total. The van der Waals surface area contributed by atoms with Gasteiger partial charge in [0.05, 0.1) is 11.6 Å². The Morgan fingerprint density at radius 2 is 1.77 bits per heavy atom. The number of aromatic amines is 1. The molecule has 1 fully saturated rings. The molecule has 0 aliphatic carbocycles. The molecule has 5 rings (SSSR count). The van der Waals surface area contributed by atoms with E-state index in [4.69, 9.17) is 0 Å². The standard InChI is InChI=1S/C26H25N5/c1-30-9-11-31(12-10-30)18-19-5-7-21(8-6-19)23-14-24-25(17-29-26(24)28-16-23)22-4-2-3-20(13-22)15-27/h2-8,13-14,16-17H,9-12,18H2,1H3,(H,28,29). The van der Waals surface area contributed by atoms with Gasteiger partial charge in [-0.1, -0.05) is 36.4 Å². The third-order valence-corrected chi connectivity index (χ3v) is 6.12. The Bertz CT molecular complexity index is 1240. The quantitative estimate of drug-likeness (QED) is 0.541. The van der Waals surface area contributed by atoms with E-state index in [-0.39, 0.29) is 0 Å². The fraction of sp³-hybridized carbons (Fsp3) is 0.231. The number of hydrogen-bond acceptors (Lipinski definition) is 4. The van der Waals surface area contributed by atoms with Crippen molar-refractivity contribution in [1.29, 1.82) is 5.26 Å². The molecule has 3 heterocycles. The predicted molar refractivity (Wildman–Crippen MR) is 124 cm³/mol. The second kappa shape index (κ2) is 8.35. The Hall–Kier alpha value is -3.46. The molecular formula is C26H25N5. The van der Waals surface area contributed by atoms with Crippen LogP contribution in [0.2, 0.25) is 0 Å². The first-order valence-corrected chi connectivity index (χ1v) is 10.7. The summed E-state index contributed by atoms with van der Waals surface area (Å²) >= 11 is 0. The molecule has 1 aliphatic rings. The molecule has 1 saturated heterocycles. The molecule has 5 nitrogen and oxygen atoms in total. The third kappa shape index (κ3) is 4.09. The maximum atomic E-state index is 9.23. The van der Waals surface area contributed by atoms with Crippen molar-refractivity contribution in [2.45, 2.75) is 6.54 Å². The van der Waals surface area contributed by atoms with Crippen molar-refractivity contribution in [3.05, 3.63) is 78.1 Å². The molecule has 31 heavy (non-hydrogen) atoms. The Balaban J connectivity index is 1.41. The topological polar surface area (TPSA) is 58.9 Å². The Morgan fingerprint density at radius 1 is 0.968 bits per heavy atom. The number of hydrogen-bond donors (Lipinski definition) is 1. The molecule has 2 aromatic carbocycles. The van der Waals surface area contributed by atoms with Crippen molar-refractivity contribution in [2.75, 3.05) is 33.2 Å². The van der Waals surface area contributed by atoms with E-state index >= 15 is 0 Å². The zero-order chi connectivity index (χ0) is 21.2. The molecule has 154 valence electrons. The van der Waals surface area contributed by atoms with E-state index in [2.05, 4.69) is 63.2 Å². The third-order valence-electron chi connectivity index (χ3n) is 6.12. The van der Waals surface area contributed by atoms with Crippen LogP contribution >= 0.6 is 0 Å². The second-order valence-electron chi connectivity index (χ2n) is 8.29. The van der Waals surface area contributed by atoms with Gasteiger partial charge in [-0.15, -0.1) is 0 Å². The van der Waals surface area contributed by atoms with Gasteiger partial charge in [0.15, 0.2) is 0 Å². The molecule has 0 unspecified atom stereocenters.